The average molecular weight is 222 g/mol. The van der Waals surface area contributed by atoms with E-state index >= 15 is 0 Å². The molecule has 0 radical (unpaired) electrons. The first kappa shape index (κ1) is 11.2. The van der Waals surface area contributed by atoms with Gasteiger partial charge in [0.05, 0.1) is 0 Å². The Bertz CT molecular complexity index is 368. The van der Waals surface area contributed by atoms with E-state index in [1.54, 1.807) is 12.1 Å². The molecule has 0 amide bonds. The van der Waals surface area contributed by atoms with Gasteiger partial charge in [0.25, 0.3) is 0 Å². The zero-order valence-electron chi connectivity index (χ0n) is 9.48. The van der Waals surface area contributed by atoms with Gasteiger partial charge in [-0.05, 0) is 13.0 Å². The smallest absolute Gasteiger partial charge is 0.123 e. The molecule has 1 aromatic carbocycles. The summed E-state index contributed by atoms with van der Waals surface area (Å²) >= 11 is 0. The number of phenols is 2. The lowest BCUT2D eigenvalue weighted by atomic mass is 10.1. The number of piperazine rings is 1. The molecule has 0 bridgehead atoms. The van der Waals surface area contributed by atoms with Crippen LogP contribution in [0.15, 0.2) is 18.2 Å². The van der Waals surface area contributed by atoms with Crippen LogP contribution in [0.5, 0.6) is 11.5 Å². The fourth-order valence-electron chi connectivity index (χ4n) is 2.08. The summed E-state index contributed by atoms with van der Waals surface area (Å²) in [5.74, 6) is 0.279. The molecular formula is C12H18N2O2. The molecule has 0 spiro atoms. The first-order valence-electron chi connectivity index (χ1n) is 5.62. The van der Waals surface area contributed by atoms with Gasteiger partial charge in [-0.15, -0.1) is 0 Å². The summed E-state index contributed by atoms with van der Waals surface area (Å²) in [4.78, 5) is 2.30. The molecule has 1 fully saturated rings. The summed E-state index contributed by atoms with van der Waals surface area (Å²) in [5, 5.41) is 22.3. The minimum Gasteiger partial charge on any atom is -0.508 e. The second-order valence-electron chi connectivity index (χ2n) is 4.40. The average Bonchev–Trinajstić information content (AvgIpc) is 2.22. The van der Waals surface area contributed by atoms with Crippen LogP contribution in [0.2, 0.25) is 0 Å². The van der Waals surface area contributed by atoms with Gasteiger partial charge in [0.1, 0.15) is 11.5 Å². The minimum absolute atomic E-state index is 0.106. The molecule has 3 N–H and O–H groups in total. The molecule has 4 heteroatoms. The van der Waals surface area contributed by atoms with Gasteiger partial charge in [0, 0.05) is 43.9 Å². The predicted octanol–water partition coefficient (Wildman–Crippen LogP) is 0.891. The third-order valence-electron chi connectivity index (χ3n) is 2.92. The lowest BCUT2D eigenvalue weighted by Gasteiger charge is -2.31. The van der Waals surface area contributed by atoms with Crippen LogP contribution in [0.3, 0.4) is 0 Å². The highest BCUT2D eigenvalue weighted by atomic mass is 16.3. The second-order valence-corrected chi connectivity index (χ2v) is 4.40. The fraction of sp³-hybridized carbons (Fsp3) is 0.500. The van der Waals surface area contributed by atoms with Gasteiger partial charge in [0.2, 0.25) is 0 Å². The Kier molecular flexibility index (Phi) is 3.31. The Labute approximate surface area is 95.5 Å². The topological polar surface area (TPSA) is 55.7 Å². The van der Waals surface area contributed by atoms with Crippen LogP contribution in [0.1, 0.15) is 12.5 Å². The number of phenolic OH excluding ortho intramolecular Hbond substituents is 2. The third kappa shape index (κ3) is 2.65. The highest BCUT2D eigenvalue weighted by Crippen LogP contribution is 2.24. The number of nitrogens with zero attached hydrogens (tertiary/aromatic N) is 1. The van der Waals surface area contributed by atoms with E-state index in [0.29, 0.717) is 6.04 Å². The second kappa shape index (κ2) is 4.72. The molecule has 0 aromatic heterocycles. The molecule has 0 aliphatic carbocycles. The van der Waals surface area contributed by atoms with E-state index in [9.17, 15) is 10.2 Å². The van der Waals surface area contributed by atoms with Gasteiger partial charge < -0.3 is 15.5 Å². The van der Waals surface area contributed by atoms with E-state index in [0.717, 1.165) is 31.7 Å². The maximum atomic E-state index is 9.69. The summed E-state index contributed by atoms with van der Waals surface area (Å²) < 4.78 is 0. The molecule has 88 valence electrons. The largest absolute Gasteiger partial charge is 0.508 e. The van der Waals surface area contributed by atoms with Gasteiger partial charge >= 0.3 is 0 Å². The van der Waals surface area contributed by atoms with Crippen LogP contribution in [-0.2, 0) is 6.54 Å². The Balaban J connectivity index is 2.02. The van der Waals surface area contributed by atoms with Gasteiger partial charge in [-0.3, -0.25) is 4.90 Å². The summed E-state index contributed by atoms with van der Waals surface area (Å²) in [7, 11) is 0. The number of hydrogen-bond donors (Lipinski definition) is 3. The fourth-order valence-corrected chi connectivity index (χ4v) is 2.08. The van der Waals surface area contributed by atoms with E-state index in [1.165, 1.54) is 6.07 Å². The SMILES string of the molecule is CC1CN(Cc2ccc(O)cc2O)CCN1. The van der Waals surface area contributed by atoms with Crippen molar-refractivity contribution in [2.45, 2.75) is 19.5 Å². The zero-order valence-corrected chi connectivity index (χ0v) is 9.48. The van der Waals surface area contributed by atoms with Crippen molar-refractivity contribution < 1.29 is 10.2 Å². The van der Waals surface area contributed by atoms with Gasteiger partial charge in [-0.25, -0.2) is 0 Å². The normalized spacial score (nSPS) is 22.2. The van der Waals surface area contributed by atoms with Crippen molar-refractivity contribution in [1.82, 2.24) is 10.2 Å². The Morgan fingerprint density at radius 1 is 1.44 bits per heavy atom. The van der Waals surface area contributed by atoms with Crippen LogP contribution in [-0.4, -0.2) is 40.8 Å². The van der Waals surface area contributed by atoms with E-state index in [2.05, 4.69) is 17.1 Å². The first-order chi connectivity index (χ1) is 7.65. The molecule has 16 heavy (non-hydrogen) atoms. The van der Waals surface area contributed by atoms with E-state index in [1.807, 2.05) is 0 Å². The van der Waals surface area contributed by atoms with Crippen LogP contribution in [0, 0.1) is 0 Å². The summed E-state index contributed by atoms with van der Waals surface area (Å²) in [6.07, 6.45) is 0. The molecule has 2 rings (SSSR count). The molecule has 1 saturated heterocycles. The summed E-state index contributed by atoms with van der Waals surface area (Å²) in [6.45, 7) is 5.85. The standard InChI is InChI=1S/C12H18N2O2/c1-9-7-14(5-4-13-9)8-10-2-3-11(15)6-12(10)16/h2-3,6,9,13,15-16H,4-5,7-8H2,1H3. The molecule has 1 aliphatic rings. The number of rotatable bonds is 2. The molecule has 1 aliphatic heterocycles. The van der Waals surface area contributed by atoms with Crippen molar-refractivity contribution in [3.05, 3.63) is 23.8 Å². The Morgan fingerprint density at radius 3 is 2.94 bits per heavy atom. The molecule has 1 atom stereocenters. The van der Waals surface area contributed by atoms with Gasteiger partial charge in [-0.2, -0.15) is 0 Å². The lowest BCUT2D eigenvalue weighted by Crippen LogP contribution is -2.48. The van der Waals surface area contributed by atoms with Gasteiger partial charge in [-0.1, -0.05) is 6.07 Å². The third-order valence-corrected chi connectivity index (χ3v) is 2.92. The van der Waals surface area contributed by atoms with Crippen molar-refractivity contribution in [2.75, 3.05) is 19.6 Å². The highest BCUT2D eigenvalue weighted by Gasteiger charge is 2.16. The number of benzene rings is 1. The highest BCUT2D eigenvalue weighted by molar-refractivity contribution is 5.38. The Hall–Kier alpha value is -1.26. The number of hydrogen-bond acceptors (Lipinski definition) is 4. The van der Waals surface area contributed by atoms with Crippen LogP contribution < -0.4 is 5.32 Å². The van der Waals surface area contributed by atoms with E-state index in [4.69, 9.17) is 0 Å². The number of nitrogens with one attached hydrogen (secondary N) is 1. The zero-order chi connectivity index (χ0) is 11.5. The van der Waals surface area contributed by atoms with E-state index < -0.39 is 0 Å². The van der Waals surface area contributed by atoms with Crippen molar-refractivity contribution in [3.63, 3.8) is 0 Å². The van der Waals surface area contributed by atoms with Crippen molar-refractivity contribution in [3.8, 4) is 11.5 Å². The van der Waals surface area contributed by atoms with Crippen LogP contribution in [0.25, 0.3) is 0 Å². The minimum atomic E-state index is 0.106. The maximum absolute atomic E-state index is 9.69. The van der Waals surface area contributed by atoms with Crippen LogP contribution >= 0.6 is 0 Å². The predicted molar refractivity (Wildman–Crippen MR) is 62.5 cm³/mol. The van der Waals surface area contributed by atoms with Crippen molar-refractivity contribution in [2.24, 2.45) is 0 Å². The van der Waals surface area contributed by atoms with Crippen LogP contribution in [0.4, 0.5) is 0 Å². The van der Waals surface area contributed by atoms with E-state index in [-0.39, 0.29) is 11.5 Å². The van der Waals surface area contributed by atoms with Gasteiger partial charge in [0.15, 0.2) is 0 Å². The molecule has 1 aromatic rings. The van der Waals surface area contributed by atoms with Crippen molar-refractivity contribution in [1.29, 1.82) is 0 Å². The molecule has 0 saturated carbocycles. The number of aromatic hydroxyl groups is 2. The maximum Gasteiger partial charge on any atom is 0.123 e. The quantitative estimate of drug-likeness (QED) is 0.695. The summed E-state index contributed by atoms with van der Waals surface area (Å²) in [6, 6.07) is 5.27. The molecule has 4 nitrogen and oxygen atoms in total. The monoisotopic (exact) mass is 222 g/mol. The molecule has 1 unspecified atom stereocenters. The molecular weight excluding hydrogens is 204 g/mol. The lowest BCUT2D eigenvalue weighted by molar-refractivity contribution is 0.198. The molecule has 1 heterocycles. The Morgan fingerprint density at radius 2 is 2.25 bits per heavy atom. The first-order valence-corrected chi connectivity index (χ1v) is 5.62. The summed E-state index contributed by atoms with van der Waals surface area (Å²) in [5.41, 5.74) is 0.868. The van der Waals surface area contributed by atoms with Crippen molar-refractivity contribution >= 4 is 0 Å².